The molecule has 0 spiro atoms. The molecule has 1 aromatic carbocycles. The summed E-state index contributed by atoms with van der Waals surface area (Å²) in [6, 6.07) is 13.6. The van der Waals surface area contributed by atoms with E-state index < -0.39 is 5.60 Å². The van der Waals surface area contributed by atoms with Gasteiger partial charge in [-0.15, -0.1) is 11.3 Å². The van der Waals surface area contributed by atoms with Crippen molar-refractivity contribution >= 4 is 50.1 Å². The Labute approximate surface area is 250 Å². The van der Waals surface area contributed by atoms with E-state index in [4.69, 9.17) is 0 Å². The zero-order valence-electron chi connectivity index (χ0n) is 22.8. The van der Waals surface area contributed by atoms with Crippen molar-refractivity contribution in [2.45, 2.75) is 37.3 Å². The molecule has 2 aliphatic heterocycles. The molecule has 1 N–H and O–H groups in total. The first kappa shape index (κ1) is 27.9. The summed E-state index contributed by atoms with van der Waals surface area (Å²) >= 11 is 4.93. The second kappa shape index (κ2) is 11.2. The van der Waals surface area contributed by atoms with Crippen molar-refractivity contribution in [3.05, 3.63) is 85.6 Å². The van der Waals surface area contributed by atoms with Crippen LogP contribution in [0.15, 0.2) is 68.9 Å². The lowest BCUT2D eigenvalue weighted by atomic mass is 9.79. The average Bonchev–Trinajstić information content (AvgIpc) is 3.60. The van der Waals surface area contributed by atoms with Crippen molar-refractivity contribution in [2.24, 2.45) is 13.0 Å². The van der Waals surface area contributed by atoms with Gasteiger partial charge in [-0.3, -0.25) is 19.0 Å². The SMILES string of the molecule is Cn1ccc2c(=O)n(CC3(O)CCN(C(=O)[C@@H]4CCN(C(=O)c5csc(Br)c5)C[C@H]4c4ccccc4)CC3)cnc21. The van der Waals surface area contributed by atoms with Gasteiger partial charge in [-0.25, -0.2) is 4.98 Å². The van der Waals surface area contributed by atoms with E-state index in [0.29, 0.717) is 62.0 Å². The number of halogens is 1. The molecule has 4 aromatic rings. The van der Waals surface area contributed by atoms with Gasteiger partial charge < -0.3 is 19.5 Å². The minimum Gasteiger partial charge on any atom is -0.388 e. The fraction of sp³-hybridized carbons (Fsp3) is 0.400. The minimum absolute atomic E-state index is 0.0137. The molecule has 2 aliphatic rings. The third kappa shape index (κ3) is 5.50. The molecular formula is C30H32BrN5O4S. The Morgan fingerprint density at radius 2 is 1.88 bits per heavy atom. The quantitative estimate of drug-likeness (QED) is 0.358. The Kier molecular flexibility index (Phi) is 7.60. The maximum atomic E-state index is 13.9. The molecule has 6 rings (SSSR count). The smallest absolute Gasteiger partial charge is 0.262 e. The second-order valence-corrected chi connectivity index (χ2v) is 13.5. The van der Waals surface area contributed by atoms with Crippen molar-refractivity contribution in [1.29, 1.82) is 0 Å². The van der Waals surface area contributed by atoms with E-state index in [2.05, 4.69) is 20.9 Å². The standard InChI is InChI=1S/C30H32BrN5O4S/c1-33-11-7-23-26(33)32-19-36(29(23)39)18-30(40)9-13-34(14-10-30)28(38)22-8-12-35(27(37)21-15-25(31)41-17-21)16-24(22)20-5-3-2-4-6-20/h2-7,11,15,17,19,22,24,40H,8-10,12-14,16,18H2,1H3/t22-,24+/m1/s1. The van der Waals surface area contributed by atoms with Crippen LogP contribution in [0.3, 0.4) is 0 Å². The van der Waals surface area contributed by atoms with Crippen LogP contribution < -0.4 is 5.56 Å². The Morgan fingerprint density at radius 3 is 2.59 bits per heavy atom. The van der Waals surface area contributed by atoms with E-state index >= 15 is 0 Å². The highest BCUT2D eigenvalue weighted by atomic mass is 79.9. The van der Waals surface area contributed by atoms with Crippen LogP contribution in [0.4, 0.5) is 0 Å². The number of piperidine rings is 2. The number of fused-ring (bicyclic) bond motifs is 1. The number of likely N-dealkylation sites (tertiary alicyclic amines) is 2. The van der Waals surface area contributed by atoms with Crippen LogP contribution in [-0.4, -0.2) is 72.6 Å². The molecule has 0 aliphatic carbocycles. The summed E-state index contributed by atoms with van der Waals surface area (Å²) in [5.74, 6) is -0.322. The molecule has 3 aromatic heterocycles. The van der Waals surface area contributed by atoms with E-state index in [-0.39, 0.29) is 35.8 Å². The molecule has 11 heteroatoms. The average molecular weight is 639 g/mol. The summed E-state index contributed by atoms with van der Waals surface area (Å²) in [6.07, 6.45) is 4.62. The molecule has 9 nitrogen and oxygen atoms in total. The number of hydrogen-bond donors (Lipinski definition) is 1. The molecule has 2 amide bonds. The number of nitrogens with zero attached hydrogens (tertiary/aromatic N) is 5. The van der Waals surface area contributed by atoms with Gasteiger partial charge in [-0.1, -0.05) is 30.3 Å². The molecule has 0 bridgehead atoms. The molecule has 0 radical (unpaired) electrons. The molecule has 0 saturated carbocycles. The van der Waals surface area contributed by atoms with Gasteiger partial charge in [0, 0.05) is 56.6 Å². The van der Waals surface area contributed by atoms with Gasteiger partial charge in [0.1, 0.15) is 12.0 Å². The Hall–Kier alpha value is -3.28. The van der Waals surface area contributed by atoms with Gasteiger partial charge in [-0.2, -0.15) is 0 Å². The summed E-state index contributed by atoms with van der Waals surface area (Å²) in [5, 5.41) is 13.8. The first-order valence-corrected chi connectivity index (χ1v) is 15.5. The van der Waals surface area contributed by atoms with Crippen LogP contribution in [0.5, 0.6) is 0 Å². The van der Waals surface area contributed by atoms with E-state index in [9.17, 15) is 19.5 Å². The van der Waals surface area contributed by atoms with Crippen molar-refractivity contribution in [3.63, 3.8) is 0 Å². The molecule has 5 heterocycles. The zero-order chi connectivity index (χ0) is 28.7. The summed E-state index contributed by atoms with van der Waals surface area (Å²) < 4.78 is 4.19. The highest BCUT2D eigenvalue weighted by Crippen LogP contribution is 2.36. The Bertz CT molecular complexity index is 1640. The number of aromatic nitrogens is 3. The highest BCUT2D eigenvalue weighted by Gasteiger charge is 2.41. The first-order valence-electron chi connectivity index (χ1n) is 13.8. The number of thiophene rings is 1. The van der Waals surface area contributed by atoms with Gasteiger partial charge in [0.2, 0.25) is 5.91 Å². The third-order valence-electron chi connectivity index (χ3n) is 8.58. The van der Waals surface area contributed by atoms with E-state index in [1.54, 1.807) is 16.8 Å². The van der Waals surface area contributed by atoms with Crippen molar-refractivity contribution in [2.75, 3.05) is 26.2 Å². The van der Waals surface area contributed by atoms with Crippen LogP contribution in [0, 0.1) is 5.92 Å². The van der Waals surface area contributed by atoms with Crippen molar-refractivity contribution < 1.29 is 14.7 Å². The third-order valence-corrected chi connectivity index (χ3v) is 10.1. The molecule has 41 heavy (non-hydrogen) atoms. The lowest BCUT2D eigenvalue weighted by Gasteiger charge is -2.43. The second-order valence-electron chi connectivity index (χ2n) is 11.2. The number of aryl methyl sites for hydroxylation is 1. The van der Waals surface area contributed by atoms with Crippen LogP contribution >= 0.6 is 27.3 Å². The summed E-state index contributed by atoms with van der Waals surface area (Å²) in [4.78, 5) is 48.3. The number of benzene rings is 1. The van der Waals surface area contributed by atoms with E-state index in [1.165, 1.54) is 22.2 Å². The van der Waals surface area contributed by atoms with Gasteiger partial charge >= 0.3 is 0 Å². The lowest BCUT2D eigenvalue weighted by Crippen LogP contribution is -2.53. The lowest BCUT2D eigenvalue weighted by molar-refractivity contribution is -0.142. The summed E-state index contributed by atoms with van der Waals surface area (Å²) in [5.41, 5.74) is 1.04. The number of hydrogen-bond acceptors (Lipinski definition) is 6. The zero-order valence-corrected chi connectivity index (χ0v) is 25.2. The van der Waals surface area contributed by atoms with Crippen LogP contribution in [0.1, 0.15) is 41.1 Å². The summed E-state index contributed by atoms with van der Waals surface area (Å²) in [7, 11) is 1.84. The van der Waals surface area contributed by atoms with E-state index in [1.807, 2.05) is 58.6 Å². The maximum Gasteiger partial charge on any atom is 0.262 e. The predicted octanol–water partition coefficient (Wildman–Crippen LogP) is 3.86. The number of aliphatic hydroxyl groups is 1. The number of carbonyl (C=O) groups excluding carboxylic acids is 2. The van der Waals surface area contributed by atoms with Gasteiger partial charge in [0.15, 0.2) is 0 Å². The van der Waals surface area contributed by atoms with E-state index in [0.717, 1.165) is 9.35 Å². The maximum absolute atomic E-state index is 13.9. The monoisotopic (exact) mass is 637 g/mol. The largest absolute Gasteiger partial charge is 0.388 e. The van der Waals surface area contributed by atoms with Crippen LogP contribution in [0.2, 0.25) is 0 Å². The molecular weight excluding hydrogens is 606 g/mol. The fourth-order valence-electron chi connectivity index (χ4n) is 6.22. The normalized spacial score (nSPS) is 20.9. The fourth-order valence-corrected chi connectivity index (χ4v) is 7.35. The number of carbonyl (C=O) groups is 2. The first-order chi connectivity index (χ1) is 19.7. The molecule has 2 saturated heterocycles. The van der Waals surface area contributed by atoms with Gasteiger partial charge in [0.05, 0.1) is 26.9 Å². The van der Waals surface area contributed by atoms with Gasteiger partial charge in [-0.05, 0) is 52.9 Å². The van der Waals surface area contributed by atoms with Crippen LogP contribution in [0.25, 0.3) is 11.0 Å². The minimum atomic E-state index is -1.10. The Balaban J connectivity index is 1.15. The topological polar surface area (TPSA) is 101 Å². The predicted molar refractivity (Wildman–Crippen MR) is 161 cm³/mol. The Morgan fingerprint density at radius 1 is 1.12 bits per heavy atom. The van der Waals surface area contributed by atoms with Crippen LogP contribution in [-0.2, 0) is 18.4 Å². The molecule has 2 fully saturated rings. The number of rotatable bonds is 5. The summed E-state index contributed by atoms with van der Waals surface area (Å²) in [6.45, 7) is 1.95. The molecule has 0 unspecified atom stereocenters. The molecule has 2 atom stereocenters. The molecule has 214 valence electrons. The number of amides is 2. The van der Waals surface area contributed by atoms with Crippen molar-refractivity contribution in [3.8, 4) is 0 Å². The highest BCUT2D eigenvalue weighted by molar-refractivity contribution is 9.11. The van der Waals surface area contributed by atoms with Gasteiger partial charge in [0.25, 0.3) is 11.5 Å². The van der Waals surface area contributed by atoms with Crippen molar-refractivity contribution in [1.82, 2.24) is 23.9 Å².